The van der Waals surface area contributed by atoms with Crippen LogP contribution in [0.15, 0.2) is 5.10 Å². The number of nitrogens with one attached hydrogen (secondary N) is 1. The summed E-state index contributed by atoms with van der Waals surface area (Å²) in [6.45, 7) is 4.10. The van der Waals surface area contributed by atoms with Crippen LogP contribution < -0.4 is 5.43 Å². The quantitative estimate of drug-likeness (QED) is 0.486. The predicted molar refractivity (Wildman–Crippen MR) is 33.5 cm³/mol. The number of hydrazine groups is 1. The van der Waals surface area contributed by atoms with Gasteiger partial charge in [0, 0.05) is 7.05 Å². The van der Waals surface area contributed by atoms with Gasteiger partial charge in [-0.05, 0) is 13.8 Å². The van der Waals surface area contributed by atoms with Crippen LogP contribution in [-0.4, -0.2) is 23.9 Å². The molecule has 0 spiro atoms. The van der Waals surface area contributed by atoms with Crippen LogP contribution >= 0.6 is 0 Å². The van der Waals surface area contributed by atoms with Crippen LogP contribution in [0, 0.1) is 0 Å². The van der Waals surface area contributed by atoms with Crippen molar-refractivity contribution in [2.75, 3.05) is 7.05 Å². The third-order valence-electron chi connectivity index (χ3n) is 1.31. The fourth-order valence-electron chi connectivity index (χ4n) is 0.726. The highest BCUT2D eigenvalue weighted by Crippen LogP contribution is 1.97. The molecule has 1 aliphatic heterocycles. The molecule has 0 bridgehead atoms. The zero-order valence-electron chi connectivity index (χ0n) is 5.47. The normalized spacial score (nSPS) is 28.6. The molecule has 0 amide bonds. The third-order valence-corrected chi connectivity index (χ3v) is 1.31. The van der Waals surface area contributed by atoms with E-state index in [1.807, 2.05) is 14.0 Å². The van der Waals surface area contributed by atoms with E-state index in [9.17, 15) is 0 Å². The Hall–Kier alpha value is -0.570. The van der Waals surface area contributed by atoms with Gasteiger partial charge in [-0.25, -0.2) is 10.5 Å². The number of hydrazone groups is 1. The van der Waals surface area contributed by atoms with Crippen LogP contribution in [0.25, 0.3) is 0 Å². The molecule has 1 rings (SSSR count). The molecule has 1 unspecified atom stereocenters. The van der Waals surface area contributed by atoms with E-state index in [1.54, 1.807) is 5.12 Å². The van der Waals surface area contributed by atoms with Crippen molar-refractivity contribution in [2.45, 2.75) is 19.9 Å². The minimum atomic E-state index is 0.417. The zero-order chi connectivity index (χ0) is 6.15. The Kier molecular flexibility index (Phi) is 1.21. The van der Waals surface area contributed by atoms with Gasteiger partial charge in [-0.2, -0.15) is 5.10 Å². The SMILES string of the molecule is CC1=NN(C)NC1C. The summed E-state index contributed by atoms with van der Waals surface area (Å²) in [5.74, 6) is 0. The minimum Gasteiger partial charge on any atom is -0.232 e. The van der Waals surface area contributed by atoms with E-state index in [2.05, 4.69) is 17.5 Å². The molecular weight excluding hydrogens is 102 g/mol. The van der Waals surface area contributed by atoms with Gasteiger partial charge in [0.05, 0.1) is 11.8 Å². The van der Waals surface area contributed by atoms with Gasteiger partial charge in [-0.3, -0.25) is 0 Å². The molecule has 1 heterocycles. The highest BCUT2D eigenvalue weighted by Gasteiger charge is 2.13. The van der Waals surface area contributed by atoms with E-state index < -0.39 is 0 Å². The largest absolute Gasteiger partial charge is 0.232 e. The number of nitrogens with zero attached hydrogens (tertiary/aromatic N) is 2. The van der Waals surface area contributed by atoms with Crippen molar-refractivity contribution in [3.63, 3.8) is 0 Å². The monoisotopic (exact) mass is 113 g/mol. The summed E-state index contributed by atoms with van der Waals surface area (Å²) in [6.07, 6.45) is 0. The Balaban J connectivity index is 2.59. The highest BCUT2D eigenvalue weighted by atomic mass is 15.7. The predicted octanol–water partition coefficient (Wildman–Crippen LogP) is 0.201. The molecule has 0 fully saturated rings. The summed E-state index contributed by atoms with van der Waals surface area (Å²) in [7, 11) is 1.90. The lowest BCUT2D eigenvalue weighted by atomic mass is 10.2. The molecule has 8 heavy (non-hydrogen) atoms. The van der Waals surface area contributed by atoms with Gasteiger partial charge in [0.2, 0.25) is 0 Å². The van der Waals surface area contributed by atoms with Crippen LogP contribution in [0.1, 0.15) is 13.8 Å². The van der Waals surface area contributed by atoms with Gasteiger partial charge >= 0.3 is 0 Å². The number of hydrogen-bond acceptors (Lipinski definition) is 3. The lowest BCUT2D eigenvalue weighted by Gasteiger charge is -2.07. The van der Waals surface area contributed by atoms with Crippen molar-refractivity contribution >= 4 is 5.71 Å². The Morgan fingerprint density at radius 3 is 2.50 bits per heavy atom. The Morgan fingerprint density at radius 1 is 1.75 bits per heavy atom. The summed E-state index contributed by atoms with van der Waals surface area (Å²) in [5, 5.41) is 5.84. The minimum absolute atomic E-state index is 0.417. The maximum atomic E-state index is 4.11. The first-order valence-electron chi connectivity index (χ1n) is 2.75. The zero-order valence-corrected chi connectivity index (χ0v) is 5.47. The van der Waals surface area contributed by atoms with E-state index >= 15 is 0 Å². The fourth-order valence-corrected chi connectivity index (χ4v) is 0.726. The summed E-state index contributed by atoms with van der Waals surface area (Å²) in [5.41, 5.74) is 4.24. The average molecular weight is 113 g/mol. The molecule has 1 N–H and O–H groups in total. The van der Waals surface area contributed by atoms with Crippen molar-refractivity contribution in [2.24, 2.45) is 5.10 Å². The lowest BCUT2D eigenvalue weighted by Crippen LogP contribution is -2.32. The first-order valence-corrected chi connectivity index (χ1v) is 2.75. The molecule has 0 saturated heterocycles. The first kappa shape index (κ1) is 5.56. The number of hydrogen-bond donors (Lipinski definition) is 1. The molecule has 1 atom stereocenters. The molecule has 0 aliphatic carbocycles. The summed E-state index contributed by atoms with van der Waals surface area (Å²) >= 11 is 0. The summed E-state index contributed by atoms with van der Waals surface area (Å²) < 4.78 is 0. The van der Waals surface area contributed by atoms with Gasteiger partial charge in [0.25, 0.3) is 0 Å². The molecule has 0 aromatic carbocycles. The molecular formula is C5H11N3. The van der Waals surface area contributed by atoms with Gasteiger partial charge < -0.3 is 0 Å². The molecule has 0 aromatic rings. The maximum Gasteiger partial charge on any atom is 0.0647 e. The van der Waals surface area contributed by atoms with Crippen molar-refractivity contribution in [3.8, 4) is 0 Å². The molecule has 3 heteroatoms. The molecule has 1 aliphatic rings. The highest BCUT2D eigenvalue weighted by molar-refractivity contribution is 5.87. The van der Waals surface area contributed by atoms with E-state index in [-0.39, 0.29) is 0 Å². The first-order chi connectivity index (χ1) is 3.70. The molecule has 3 nitrogen and oxygen atoms in total. The summed E-state index contributed by atoms with van der Waals surface area (Å²) in [6, 6.07) is 0.417. The van der Waals surface area contributed by atoms with Crippen LogP contribution in [-0.2, 0) is 0 Å². The average Bonchev–Trinajstić information content (AvgIpc) is 1.85. The van der Waals surface area contributed by atoms with Crippen LogP contribution in [0.4, 0.5) is 0 Å². The second kappa shape index (κ2) is 1.74. The van der Waals surface area contributed by atoms with Crippen molar-refractivity contribution < 1.29 is 0 Å². The van der Waals surface area contributed by atoms with Gasteiger partial charge in [-0.1, -0.05) is 0 Å². The molecule has 0 radical (unpaired) electrons. The van der Waals surface area contributed by atoms with Crippen molar-refractivity contribution in [1.82, 2.24) is 10.5 Å². The lowest BCUT2D eigenvalue weighted by molar-refractivity contribution is 0.267. The van der Waals surface area contributed by atoms with Crippen LogP contribution in [0.3, 0.4) is 0 Å². The van der Waals surface area contributed by atoms with E-state index in [0.29, 0.717) is 6.04 Å². The van der Waals surface area contributed by atoms with Gasteiger partial charge in [0.15, 0.2) is 0 Å². The fraction of sp³-hybridized carbons (Fsp3) is 0.800. The topological polar surface area (TPSA) is 27.6 Å². The second-order valence-electron chi connectivity index (χ2n) is 2.12. The third kappa shape index (κ3) is 0.816. The van der Waals surface area contributed by atoms with Gasteiger partial charge in [-0.15, -0.1) is 0 Å². The maximum absolute atomic E-state index is 4.11. The molecule has 0 saturated carbocycles. The molecule has 46 valence electrons. The van der Waals surface area contributed by atoms with Crippen molar-refractivity contribution in [1.29, 1.82) is 0 Å². The van der Waals surface area contributed by atoms with Gasteiger partial charge in [0.1, 0.15) is 0 Å². The van der Waals surface area contributed by atoms with E-state index in [0.717, 1.165) is 5.71 Å². The second-order valence-corrected chi connectivity index (χ2v) is 2.12. The number of rotatable bonds is 0. The summed E-state index contributed by atoms with van der Waals surface area (Å²) in [4.78, 5) is 0. The Labute approximate surface area is 49.3 Å². The van der Waals surface area contributed by atoms with Crippen LogP contribution in [0.5, 0.6) is 0 Å². The standard InChI is InChI=1S/C5H11N3/c1-4-5(2)7-8(3)6-4/h4,6H,1-3H3. The van der Waals surface area contributed by atoms with Crippen molar-refractivity contribution in [3.05, 3.63) is 0 Å². The van der Waals surface area contributed by atoms with Crippen LogP contribution in [0.2, 0.25) is 0 Å². The smallest absolute Gasteiger partial charge is 0.0647 e. The van der Waals surface area contributed by atoms with E-state index in [4.69, 9.17) is 0 Å². The Bertz CT molecular complexity index is 119. The molecule has 0 aromatic heterocycles. The van der Waals surface area contributed by atoms with E-state index in [1.165, 1.54) is 0 Å². The Morgan fingerprint density at radius 2 is 2.38 bits per heavy atom.